The van der Waals surface area contributed by atoms with Gasteiger partial charge in [0.05, 0.1) is 18.2 Å². The van der Waals surface area contributed by atoms with Crippen LogP contribution in [0.15, 0.2) is 48.5 Å². The van der Waals surface area contributed by atoms with Crippen LogP contribution in [0.1, 0.15) is 78.1 Å². The maximum atomic E-state index is 13.5. The van der Waals surface area contributed by atoms with Crippen molar-refractivity contribution in [2.45, 2.75) is 70.5 Å². The number of carbonyl (C=O) groups is 4. The molecule has 1 fully saturated rings. The first-order valence-electron chi connectivity index (χ1n) is 13.1. The zero-order valence-electron chi connectivity index (χ0n) is 21.6. The molecule has 1 saturated carbocycles. The summed E-state index contributed by atoms with van der Waals surface area (Å²) in [6.07, 6.45) is 5.05. The summed E-state index contributed by atoms with van der Waals surface area (Å²) in [5.74, 6) is -0.301. The van der Waals surface area contributed by atoms with Crippen LogP contribution in [0, 0.1) is 0 Å². The van der Waals surface area contributed by atoms with Crippen molar-refractivity contribution in [3.05, 3.63) is 65.2 Å². The minimum Gasteiger partial charge on any atom is -0.497 e. The maximum absolute atomic E-state index is 13.5. The van der Waals surface area contributed by atoms with Gasteiger partial charge in [0.1, 0.15) is 11.8 Å². The fourth-order valence-electron chi connectivity index (χ4n) is 5.23. The molecule has 0 saturated heterocycles. The highest BCUT2D eigenvalue weighted by Gasteiger charge is 2.35. The highest BCUT2D eigenvalue weighted by molar-refractivity contribution is 6.21. The molecule has 196 valence electrons. The van der Waals surface area contributed by atoms with Gasteiger partial charge in [-0.1, -0.05) is 44.0 Å². The largest absolute Gasteiger partial charge is 0.497 e. The van der Waals surface area contributed by atoms with Crippen molar-refractivity contribution in [1.29, 1.82) is 0 Å². The van der Waals surface area contributed by atoms with Crippen LogP contribution in [0.3, 0.4) is 0 Å². The van der Waals surface area contributed by atoms with Crippen molar-refractivity contribution in [3.8, 4) is 5.75 Å². The molecule has 1 aliphatic heterocycles. The number of hydrogen-bond donors (Lipinski definition) is 1. The summed E-state index contributed by atoms with van der Waals surface area (Å²) in [4.78, 5) is 55.0. The van der Waals surface area contributed by atoms with Gasteiger partial charge in [-0.2, -0.15) is 0 Å². The first kappa shape index (κ1) is 26.4. The molecule has 2 aromatic carbocycles. The van der Waals surface area contributed by atoms with Gasteiger partial charge in [0.15, 0.2) is 0 Å². The quantitative estimate of drug-likeness (QED) is 0.467. The molecule has 0 radical (unpaired) electrons. The molecule has 0 aromatic heterocycles. The van der Waals surface area contributed by atoms with Crippen molar-refractivity contribution < 1.29 is 23.9 Å². The molecule has 4 amide bonds. The van der Waals surface area contributed by atoms with E-state index in [4.69, 9.17) is 4.74 Å². The normalized spacial score (nSPS) is 16.0. The molecule has 1 N–H and O–H groups in total. The molecule has 8 nitrogen and oxygen atoms in total. The Labute approximate surface area is 218 Å². The van der Waals surface area contributed by atoms with Gasteiger partial charge in [0, 0.05) is 25.6 Å². The predicted octanol–water partition coefficient (Wildman–Crippen LogP) is 3.94. The number of fused-ring (bicyclic) bond motifs is 1. The number of hydrogen-bond acceptors (Lipinski definition) is 5. The van der Waals surface area contributed by atoms with Crippen LogP contribution in [0.2, 0.25) is 0 Å². The third-order valence-electron chi connectivity index (χ3n) is 7.23. The summed E-state index contributed by atoms with van der Waals surface area (Å²) in [6, 6.07) is 13.8. The van der Waals surface area contributed by atoms with E-state index in [1.165, 1.54) is 4.90 Å². The molecule has 1 heterocycles. The van der Waals surface area contributed by atoms with Crippen molar-refractivity contribution in [2.24, 2.45) is 0 Å². The molecule has 0 bridgehead atoms. The van der Waals surface area contributed by atoms with Gasteiger partial charge < -0.3 is 15.0 Å². The average molecular weight is 506 g/mol. The maximum Gasteiger partial charge on any atom is 0.261 e. The van der Waals surface area contributed by atoms with Crippen LogP contribution in [0.5, 0.6) is 5.75 Å². The zero-order valence-corrected chi connectivity index (χ0v) is 21.6. The lowest BCUT2D eigenvalue weighted by Gasteiger charge is -2.32. The SMILES string of the molecule is CCC(C(=O)NC1CCCC1)N(Cc1cccc(OC)c1)C(=O)CCCN1C(=O)c2ccccc2C1=O. The molecule has 2 aliphatic rings. The smallest absolute Gasteiger partial charge is 0.261 e. The van der Waals surface area contributed by atoms with E-state index in [1.54, 1.807) is 36.3 Å². The summed E-state index contributed by atoms with van der Waals surface area (Å²) in [7, 11) is 1.59. The Bertz CT molecular complexity index is 1120. The van der Waals surface area contributed by atoms with Crippen LogP contribution >= 0.6 is 0 Å². The topological polar surface area (TPSA) is 96.0 Å². The second-order valence-corrected chi connectivity index (χ2v) is 9.70. The second-order valence-electron chi connectivity index (χ2n) is 9.70. The van der Waals surface area contributed by atoms with Crippen LogP contribution in [-0.2, 0) is 16.1 Å². The van der Waals surface area contributed by atoms with E-state index >= 15 is 0 Å². The first-order chi connectivity index (χ1) is 17.9. The van der Waals surface area contributed by atoms with Gasteiger partial charge >= 0.3 is 0 Å². The van der Waals surface area contributed by atoms with Gasteiger partial charge in [-0.3, -0.25) is 24.1 Å². The number of imide groups is 1. The fraction of sp³-hybridized carbons (Fsp3) is 0.448. The molecule has 2 aromatic rings. The molecular weight excluding hydrogens is 470 g/mol. The predicted molar refractivity (Wildman–Crippen MR) is 139 cm³/mol. The van der Waals surface area contributed by atoms with Crippen molar-refractivity contribution in [1.82, 2.24) is 15.1 Å². The zero-order chi connectivity index (χ0) is 26.4. The summed E-state index contributed by atoms with van der Waals surface area (Å²) >= 11 is 0. The lowest BCUT2D eigenvalue weighted by molar-refractivity contribution is -0.141. The average Bonchev–Trinajstić information content (AvgIpc) is 3.51. The Morgan fingerprint density at radius 3 is 2.35 bits per heavy atom. The van der Waals surface area contributed by atoms with E-state index in [0.29, 0.717) is 29.7 Å². The van der Waals surface area contributed by atoms with Gasteiger partial charge in [0.2, 0.25) is 11.8 Å². The summed E-state index contributed by atoms with van der Waals surface area (Å²) in [5.41, 5.74) is 1.65. The van der Waals surface area contributed by atoms with Gasteiger partial charge in [-0.15, -0.1) is 0 Å². The lowest BCUT2D eigenvalue weighted by atomic mass is 10.1. The minimum absolute atomic E-state index is 0.116. The number of amides is 4. The monoisotopic (exact) mass is 505 g/mol. The lowest BCUT2D eigenvalue weighted by Crippen LogP contribution is -2.51. The summed E-state index contributed by atoms with van der Waals surface area (Å²) < 4.78 is 5.34. The number of methoxy groups -OCH3 is 1. The van der Waals surface area contributed by atoms with Crippen LogP contribution < -0.4 is 10.1 Å². The minimum atomic E-state index is -0.612. The Kier molecular flexibility index (Phi) is 8.58. The Morgan fingerprint density at radius 2 is 1.73 bits per heavy atom. The third-order valence-corrected chi connectivity index (χ3v) is 7.23. The molecule has 1 atom stereocenters. The van der Waals surface area contributed by atoms with E-state index in [1.807, 2.05) is 31.2 Å². The Hall–Kier alpha value is -3.68. The Morgan fingerprint density at radius 1 is 1.05 bits per heavy atom. The van der Waals surface area contributed by atoms with E-state index in [2.05, 4.69) is 5.32 Å². The number of benzene rings is 2. The molecule has 8 heteroatoms. The summed E-state index contributed by atoms with van der Waals surface area (Å²) in [6.45, 7) is 2.32. The van der Waals surface area contributed by atoms with E-state index in [0.717, 1.165) is 31.2 Å². The second kappa shape index (κ2) is 12.0. The number of nitrogens with zero attached hydrogens (tertiary/aromatic N) is 2. The number of rotatable bonds is 11. The number of ether oxygens (including phenoxy) is 1. The van der Waals surface area contributed by atoms with Crippen LogP contribution in [0.4, 0.5) is 0 Å². The number of nitrogens with one attached hydrogen (secondary N) is 1. The van der Waals surface area contributed by atoms with E-state index in [9.17, 15) is 19.2 Å². The molecule has 1 unspecified atom stereocenters. The molecular formula is C29H35N3O5. The van der Waals surface area contributed by atoms with Crippen molar-refractivity contribution in [2.75, 3.05) is 13.7 Å². The standard InChI is InChI=1S/C29H35N3O5/c1-3-25(27(34)30-21-11-4-5-12-21)32(19-20-10-8-13-22(18-20)37-2)26(33)16-9-17-31-28(35)23-14-6-7-15-24(23)29(31)36/h6-8,10,13-15,18,21,25H,3-5,9,11-12,16-17,19H2,1-2H3,(H,30,34). The van der Waals surface area contributed by atoms with E-state index in [-0.39, 0.29) is 49.2 Å². The van der Waals surface area contributed by atoms with Crippen molar-refractivity contribution >= 4 is 23.6 Å². The van der Waals surface area contributed by atoms with Gasteiger partial charge in [-0.05, 0) is 55.5 Å². The fourth-order valence-corrected chi connectivity index (χ4v) is 5.23. The molecule has 1 aliphatic carbocycles. The van der Waals surface area contributed by atoms with Crippen molar-refractivity contribution in [3.63, 3.8) is 0 Å². The number of carbonyl (C=O) groups excluding carboxylic acids is 4. The van der Waals surface area contributed by atoms with Crippen LogP contribution in [-0.4, -0.2) is 59.2 Å². The van der Waals surface area contributed by atoms with Crippen LogP contribution in [0.25, 0.3) is 0 Å². The Balaban J connectivity index is 1.45. The van der Waals surface area contributed by atoms with Gasteiger partial charge in [0.25, 0.3) is 11.8 Å². The summed E-state index contributed by atoms with van der Waals surface area (Å²) in [5, 5.41) is 3.14. The molecule has 0 spiro atoms. The molecule has 4 rings (SSSR count). The molecule has 37 heavy (non-hydrogen) atoms. The van der Waals surface area contributed by atoms with Gasteiger partial charge in [-0.25, -0.2) is 0 Å². The van der Waals surface area contributed by atoms with E-state index < -0.39 is 6.04 Å². The third kappa shape index (κ3) is 6.01. The first-order valence-corrected chi connectivity index (χ1v) is 13.1. The highest BCUT2D eigenvalue weighted by Crippen LogP contribution is 2.24. The highest BCUT2D eigenvalue weighted by atomic mass is 16.5.